The van der Waals surface area contributed by atoms with Gasteiger partial charge in [0.2, 0.25) is 0 Å². The number of carbonyl (C=O) groups excluding carboxylic acids is 1. The first kappa shape index (κ1) is 33.3. The van der Waals surface area contributed by atoms with Crippen LogP contribution in [-0.2, 0) is 6.54 Å². The highest BCUT2D eigenvalue weighted by atomic mass is 32.1. The summed E-state index contributed by atoms with van der Waals surface area (Å²) in [6.45, 7) is 3.69. The zero-order valence-electron chi connectivity index (χ0n) is 26.3. The third-order valence-corrected chi connectivity index (χ3v) is 8.72. The molecule has 5 aromatic rings. The summed E-state index contributed by atoms with van der Waals surface area (Å²) < 4.78 is 36.8. The first-order valence-corrected chi connectivity index (χ1v) is 16.3. The number of carbonyl (C=O) groups is 1. The highest BCUT2D eigenvalue weighted by Crippen LogP contribution is 2.31. The molecule has 3 aromatic heterocycles. The average Bonchev–Trinajstić information content (AvgIpc) is 3.50. The van der Waals surface area contributed by atoms with Crippen molar-refractivity contribution in [2.45, 2.75) is 32.7 Å². The number of benzene rings is 2. The van der Waals surface area contributed by atoms with Gasteiger partial charge in [0.25, 0.3) is 11.5 Å². The van der Waals surface area contributed by atoms with E-state index in [0.717, 1.165) is 59.9 Å². The summed E-state index contributed by atoms with van der Waals surface area (Å²) in [6, 6.07) is 9.99. The van der Waals surface area contributed by atoms with Crippen molar-refractivity contribution in [2.24, 2.45) is 5.92 Å². The molecule has 2 aromatic carbocycles. The zero-order valence-corrected chi connectivity index (χ0v) is 27.2. The lowest BCUT2D eigenvalue weighted by atomic mass is 9.95. The van der Waals surface area contributed by atoms with E-state index in [1.807, 2.05) is 0 Å². The summed E-state index contributed by atoms with van der Waals surface area (Å²) in [5.74, 6) is 4.61. The number of halogens is 2. The van der Waals surface area contributed by atoms with Crippen LogP contribution in [0.2, 0.25) is 0 Å². The number of amides is 1. The summed E-state index contributed by atoms with van der Waals surface area (Å²) in [6.07, 6.45) is 5.33. The summed E-state index contributed by atoms with van der Waals surface area (Å²) in [5.41, 5.74) is 4.96. The molecule has 0 radical (unpaired) electrons. The van der Waals surface area contributed by atoms with E-state index >= 15 is 4.39 Å². The number of ether oxygens (including phenoxy) is 1. The van der Waals surface area contributed by atoms with Crippen molar-refractivity contribution in [3.63, 3.8) is 0 Å². The predicted octanol–water partition coefficient (Wildman–Crippen LogP) is 4.85. The Morgan fingerprint density at radius 3 is 2.61 bits per heavy atom. The quantitative estimate of drug-likeness (QED) is 0.197. The van der Waals surface area contributed by atoms with Gasteiger partial charge < -0.3 is 21.1 Å². The van der Waals surface area contributed by atoms with Gasteiger partial charge in [-0.1, -0.05) is 11.8 Å². The van der Waals surface area contributed by atoms with Crippen LogP contribution in [0.4, 0.5) is 20.3 Å². The van der Waals surface area contributed by atoms with Gasteiger partial charge in [0.15, 0.2) is 11.6 Å². The number of aromatic nitrogens is 4. The van der Waals surface area contributed by atoms with Gasteiger partial charge in [0.1, 0.15) is 28.5 Å². The molecule has 0 bridgehead atoms. The van der Waals surface area contributed by atoms with Gasteiger partial charge in [-0.3, -0.25) is 14.2 Å². The molecule has 250 valence electrons. The van der Waals surface area contributed by atoms with Crippen LogP contribution < -0.4 is 32.4 Å². The van der Waals surface area contributed by atoms with Gasteiger partial charge in [-0.2, -0.15) is 0 Å². The number of nitrogens with one attached hydrogen (secondary N) is 2. The first-order chi connectivity index (χ1) is 23.7. The van der Waals surface area contributed by atoms with Crippen LogP contribution in [0.1, 0.15) is 45.9 Å². The van der Waals surface area contributed by atoms with E-state index in [4.69, 9.17) is 10.5 Å². The molecule has 1 amide bonds. The summed E-state index contributed by atoms with van der Waals surface area (Å²) in [7, 11) is 0. The molecule has 1 aliphatic rings. The molecule has 6 rings (SSSR count). The summed E-state index contributed by atoms with van der Waals surface area (Å²) in [5, 5.41) is 8.37. The molecule has 1 fully saturated rings. The summed E-state index contributed by atoms with van der Waals surface area (Å²) >= 11 is 1.38. The minimum atomic E-state index is -0.940. The zero-order chi connectivity index (χ0) is 34.5. The number of nitrogen functional groups attached to an aromatic ring is 1. The Bertz CT molecular complexity index is 2200. The normalized spacial score (nSPS) is 13.0. The monoisotopic (exact) mass is 683 g/mol. The molecule has 0 aliphatic carbocycles. The van der Waals surface area contributed by atoms with Gasteiger partial charge in [-0.05, 0) is 75.2 Å². The van der Waals surface area contributed by atoms with Crippen LogP contribution >= 0.6 is 11.3 Å². The van der Waals surface area contributed by atoms with E-state index in [9.17, 15) is 18.8 Å². The molecule has 49 heavy (non-hydrogen) atoms. The molecule has 14 heteroatoms. The minimum absolute atomic E-state index is 0.0201. The number of aryl methyl sites for hydroxylation is 1. The van der Waals surface area contributed by atoms with Gasteiger partial charge >= 0.3 is 5.69 Å². The fourth-order valence-electron chi connectivity index (χ4n) is 5.36. The van der Waals surface area contributed by atoms with E-state index in [1.165, 1.54) is 52.4 Å². The number of nitrogens with two attached hydrogens (primary N) is 1. The number of hydrogen-bond acceptors (Lipinski definition) is 9. The van der Waals surface area contributed by atoms with Crippen molar-refractivity contribution in [3.05, 3.63) is 121 Å². The molecule has 0 atom stereocenters. The molecule has 4 heterocycles. The number of piperidine rings is 1. The molecule has 11 nitrogen and oxygen atoms in total. The lowest BCUT2D eigenvalue weighted by Crippen LogP contribution is -2.42. The van der Waals surface area contributed by atoms with Crippen molar-refractivity contribution in [1.82, 2.24) is 24.4 Å². The van der Waals surface area contributed by atoms with E-state index < -0.39 is 34.4 Å². The maximum absolute atomic E-state index is 15.4. The third-order valence-electron chi connectivity index (χ3n) is 7.90. The Morgan fingerprint density at radius 2 is 1.90 bits per heavy atom. The second kappa shape index (κ2) is 14.6. The Hall–Kier alpha value is -5.65. The fraction of sp³-hybridized carbons (Fsp3) is 0.229. The van der Waals surface area contributed by atoms with Gasteiger partial charge in [-0.15, -0.1) is 11.3 Å². The average molecular weight is 684 g/mol. The van der Waals surface area contributed by atoms with Gasteiger partial charge in [0, 0.05) is 42.0 Å². The van der Waals surface area contributed by atoms with E-state index in [0.29, 0.717) is 23.6 Å². The van der Waals surface area contributed by atoms with Crippen LogP contribution in [0.25, 0.3) is 5.69 Å². The standard InChI is InChI=1S/C35H31F2N7O4S/c1-21-41-25(20-49-21)18-43-19-28(34(46)44(35(43)47)26-8-5-23(36)6-9-26)33(45)42-24-7-10-31(29(37)17-24)48-30-13-16-40-32(38)27(30)4-2-3-22-11-14-39-15-12-22/h5-10,13,16-17,19-20,22,39H,3,11-12,14-15,18H2,1H3,(H2,38,40)(H,42,45). The van der Waals surface area contributed by atoms with Crippen molar-refractivity contribution < 1.29 is 18.3 Å². The smallest absolute Gasteiger partial charge is 0.336 e. The minimum Gasteiger partial charge on any atom is -0.453 e. The molecule has 0 saturated carbocycles. The molecule has 0 spiro atoms. The van der Waals surface area contributed by atoms with Crippen molar-refractivity contribution in [2.75, 3.05) is 24.1 Å². The molecule has 1 saturated heterocycles. The Balaban J connectivity index is 1.25. The third kappa shape index (κ3) is 7.75. The lowest BCUT2D eigenvalue weighted by molar-refractivity contribution is 0.102. The second-order valence-corrected chi connectivity index (χ2v) is 12.5. The SMILES string of the molecule is Cc1nc(Cn2cc(C(=O)Nc3ccc(Oc4ccnc(N)c4C#CCC4CCNCC4)c(F)c3)c(=O)n(-c3ccc(F)cc3)c2=O)cs1. The topological polar surface area (TPSA) is 146 Å². The van der Waals surface area contributed by atoms with Crippen LogP contribution in [-0.4, -0.2) is 38.1 Å². The van der Waals surface area contributed by atoms with E-state index in [-0.39, 0.29) is 35.2 Å². The molecular weight excluding hydrogens is 652 g/mol. The molecule has 4 N–H and O–H groups in total. The van der Waals surface area contributed by atoms with Gasteiger partial charge in [0.05, 0.1) is 22.9 Å². The Kier molecular flexibility index (Phi) is 9.93. The summed E-state index contributed by atoms with van der Waals surface area (Å²) in [4.78, 5) is 48.9. The molecule has 1 aliphatic heterocycles. The maximum Gasteiger partial charge on any atom is 0.336 e. The molecular formula is C35H31F2N7O4S. The highest BCUT2D eigenvalue weighted by Gasteiger charge is 2.21. The van der Waals surface area contributed by atoms with Crippen LogP contribution in [0.3, 0.4) is 0 Å². The van der Waals surface area contributed by atoms with Crippen molar-refractivity contribution in [1.29, 1.82) is 0 Å². The van der Waals surface area contributed by atoms with E-state index in [1.54, 1.807) is 12.3 Å². The van der Waals surface area contributed by atoms with Crippen molar-refractivity contribution >= 4 is 28.7 Å². The first-order valence-electron chi connectivity index (χ1n) is 15.4. The highest BCUT2D eigenvalue weighted by molar-refractivity contribution is 7.09. The number of rotatable bonds is 8. The Morgan fingerprint density at radius 1 is 1.12 bits per heavy atom. The van der Waals surface area contributed by atoms with E-state index in [2.05, 4.69) is 32.4 Å². The fourth-order valence-corrected chi connectivity index (χ4v) is 5.97. The van der Waals surface area contributed by atoms with Crippen LogP contribution in [0.5, 0.6) is 11.5 Å². The predicted molar refractivity (Wildman–Crippen MR) is 182 cm³/mol. The molecule has 0 unspecified atom stereocenters. The number of pyridine rings is 1. The van der Waals surface area contributed by atoms with Crippen molar-refractivity contribution in [3.8, 4) is 29.0 Å². The van der Waals surface area contributed by atoms with Crippen LogP contribution in [0, 0.1) is 36.3 Å². The van der Waals surface area contributed by atoms with Crippen LogP contribution in [0.15, 0.2) is 75.9 Å². The maximum atomic E-state index is 15.4. The number of nitrogens with zero attached hydrogens (tertiary/aromatic N) is 4. The number of thiazole rings is 1. The number of anilines is 2. The number of hydrogen-bond donors (Lipinski definition) is 3. The Labute approximate surface area is 283 Å². The largest absolute Gasteiger partial charge is 0.453 e. The lowest BCUT2D eigenvalue weighted by Gasteiger charge is -2.20. The second-order valence-electron chi connectivity index (χ2n) is 11.4. The van der Waals surface area contributed by atoms with Gasteiger partial charge in [-0.25, -0.2) is 28.1 Å².